The summed E-state index contributed by atoms with van der Waals surface area (Å²) < 4.78 is 0. The molecule has 3 saturated heterocycles. The molecule has 0 spiro atoms. The Hall–Kier alpha value is -8.96. The average Bonchev–Trinajstić information content (AvgIpc) is 3.90. The largest absolute Gasteiger partial charge is 0.481 e. The number of hydrogen-bond acceptors (Lipinski definition) is 18. The summed E-state index contributed by atoms with van der Waals surface area (Å²) in [7, 11) is 0. The number of nitrogens with zero attached hydrogens (tertiary/aromatic N) is 4. The Morgan fingerprint density at radius 3 is 1.07 bits per heavy atom. The summed E-state index contributed by atoms with van der Waals surface area (Å²) in [5.41, 5.74) is 32.6. The highest BCUT2D eigenvalue weighted by atomic mass is 16.4. The Bertz CT molecular complexity index is 2350. The van der Waals surface area contributed by atoms with Crippen molar-refractivity contribution in [2.75, 3.05) is 26.2 Å². The van der Waals surface area contributed by atoms with Crippen molar-refractivity contribution in [3.8, 4) is 0 Å². The quantitative estimate of drug-likeness (QED) is 0.0306. The highest BCUT2D eigenvalue weighted by molar-refractivity contribution is 6.01. The molecular weight excluding hydrogens is 1120 g/mol. The van der Waals surface area contributed by atoms with Crippen LogP contribution in [0.4, 0.5) is 0 Å². The first-order valence-electron chi connectivity index (χ1n) is 26.9. The molecule has 0 aromatic rings. The number of amides is 12. The van der Waals surface area contributed by atoms with Gasteiger partial charge in [0, 0.05) is 39.0 Å². The van der Waals surface area contributed by atoms with E-state index in [1.807, 2.05) is 0 Å². The first-order valence-corrected chi connectivity index (χ1v) is 26.9. The second kappa shape index (κ2) is 33.2. The highest BCUT2D eigenvalue weighted by Crippen LogP contribution is 2.23. The van der Waals surface area contributed by atoms with Crippen LogP contribution in [-0.2, 0) is 67.1 Å². The van der Waals surface area contributed by atoms with Gasteiger partial charge >= 0.3 is 11.9 Å². The van der Waals surface area contributed by atoms with E-state index in [0.717, 1.165) is 23.6 Å². The summed E-state index contributed by atoms with van der Waals surface area (Å²) in [6.07, 6.45) is -8.79. The van der Waals surface area contributed by atoms with Crippen LogP contribution in [0.15, 0.2) is 9.98 Å². The molecule has 12 atom stereocenters. The molecule has 3 aliphatic heterocycles. The molecule has 468 valence electrons. The number of rotatable bonds is 20. The molecule has 0 aromatic heterocycles. The molecule has 3 aliphatic rings. The maximum atomic E-state index is 14.5. The van der Waals surface area contributed by atoms with Crippen LogP contribution in [0.25, 0.3) is 0 Å². The van der Waals surface area contributed by atoms with Crippen LogP contribution >= 0.6 is 0 Å². The number of primary amides is 2. The molecule has 0 unspecified atom stereocenters. The monoisotopic (exact) mass is 1190 g/mol. The molecule has 3 fully saturated rings. The van der Waals surface area contributed by atoms with Crippen molar-refractivity contribution in [3.63, 3.8) is 0 Å². The van der Waals surface area contributed by atoms with Gasteiger partial charge in [0.15, 0.2) is 11.9 Å². The third-order valence-electron chi connectivity index (χ3n) is 13.6. The van der Waals surface area contributed by atoms with Crippen LogP contribution in [0.5, 0.6) is 0 Å². The molecule has 0 saturated carbocycles. The van der Waals surface area contributed by atoms with E-state index in [4.69, 9.17) is 34.4 Å². The molecule has 24 N–H and O–H groups in total. The summed E-state index contributed by atoms with van der Waals surface area (Å²) in [5.74, 6) is -17.7. The van der Waals surface area contributed by atoms with Crippen molar-refractivity contribution < 1.29 is 87.5 Å². The van der Waals surface area contributed by atoms with Gasteiger partial charge in [-0.3, -0.25) is 77.1 Å². The van der Waals surface area contributed by atoms with E-state index in [9.17, 15) is 87.5 Å². The minimum atomic E-state index is -2.01. The molecular formula is C48H78N18O18. The lowest BCUT2D eigenvalue weighted by Gasteiger charge is -2.32. The SMILES string of the molecule is C[C@H](O)[C@H]1NC(=O)[C@H](CCC(N)=O)NC(=O)[C@H](CC(=O)O)NC(=O)[C@@H]2CCCN2C(=O)[C@H](CCCN=C(N)N)NC(=O)[C@H]([C@@H](C)O)NC(=O)[C@@H](CCC(N)=O)NC(=O)[C@@H](CC(=O)O)NC(=O)[C@H]2CCCN2C(=O)[C@@H](CCCN=C(N)N)NC1=O. The van der Waals surface area contributed by atoms with Crippen LogP contribution in [-0.4, -0.2) is 224 Å². The topological polar surface area (TPSA) is 603 Å². The Morgan fingerprint density at radius 1 is 0.464 bits per heavy atom. The molecule has 3 rings (SSSR count). The smallest absolute Gasteiger partial charge is 0.305 e. The minimum absolute atomic E-state index is 0.0222. The van der Waals surface area contributed by atoms with Gasteiger partial charge in [-0.2, -0.15) is 0 Å². The molecule has 0 aromatic carbocycles. The van der Waals surface area contributed by atoms with Crippen molar-refractivity contribution in [2.24, 2.45) is 44.4 Å². The van der Waals surface area contributed by atoms with E-state index >= 15 is 0 Å². The number of carboxylic acid groups (broad SMARTS) is 2. The van der Waals surface area contributed by atoms with Crippen molar-refractivity contribution >= 4 is 94.7 Å². The number of aliphatic hydroxyl groups excluding tert-OH is 2. The first kappa shape index (κ1) is 69.3. The van der Waals surface area contributed by atoms with Crippen LogP contribution in [0.2, 0.25) is 0 Å². The minimum Gasteiger partial charge on any atom is -0.481 e. The van der Waals surface area contributed by atoms with Gasteiger partial charge in [0.2, 0.25) is 70.9 Å². The highest BCUT2D eigenvalue weighted by Gasteiger charge is 2.44. The Balaban J connectivity index is 2.26. The van der Waals surface area contributed by atoms with E-state index in [1.165, 1.54) is 0 Å². The van der Waals surface area contributed by atoms with Gasteiger partial charge in [0.1, 0.15) is 60.4 Å². The lowest BCUT2D eigenvalue weighted by molar-refractivity contribution is -0.145. The fourth-order valence-corrected chi connectivity index (χ4v) is 9.33. The number of nitrogens with one attached hydrogen (secondary N) is 8. The number of fused-ring (bicyclic) bond motifs is 2. The third kappa shape index (κ3) is 22.1. The number of guanidine groups is 2. The van der Waals surface area contributed by atoms with Gasteiger partial charge in [-0.05, 0) is 78.1 Å². The van der Waals surface area contributed by atoms with Gasteiger partial charge in [-0.1, -0.05) is 0 Å². The maximum Gasteiger partial charge on any atom is 0.305 e. The van der Waals surface area contributed by atoms with E-state index in [-0.39, 0.29) is 89.5 Å². The van der Waals surface area contributed by atoms with Crippen LogP contribution in [0.1, 0.15) is 104 Å². The van der Waals surface area contributed by atoms with E-state index in [2.05, 4.69) is 52.5 Å². The van der Waals surface area contributed by atoms with E-state index in [1.54, 1.807) is 0 Å². The van der Waals surface area contributed by atoms with Crippen molar-refractivity contribution in [2.45, 2.75) is 176 Å². The number of aliphatic carboxylic acids is 2. The Labute approximate surface area is 480 Å². The number of nitrogens with two attached hydrogens (primary N) is 6. The molecule has 3 heterocycles. The van der Waals surface area contributed by atoms with Gasteiger partial charge in [0.05, 0.1) is 25.0 Å². The Kier molecular flexibility index (Phi) is 27.4. The lowest BCUT2D eigenvalue weighted by atomic mass is 10.0. The molecule has 36 heteroatoms. The number of hydrogen-bond donors (Lipinski definition) is 18. The third-order valence-corrected chi connectivity index (χ3v) is 13.6. The van der Waals surface area contributed by atoms with Crippen molar-refractivity contribution in [1.82, 2.24) is 52.3 Å². The second-order valence-corrected chi connectivity index (χ2v) is 20.3. The predicted octanol–water partition coefficient (Wildman–Crippen LogP) is -9.79. The predicted molar refractivity (Wildman–Crippen MR) is 289 cm³/mol. The van der Waals surface area contributed by atoms with E-state index < -0.39 is 194 Å². The normalized spacial score (nSPS) is 26.4. The maximum absolute atomic E-state index is 14.5. The van der Waals surface area contributed by atoms with E-state index in [0.29, 0.717) is 0 Å². The number of aliphatic hydroxyl groups is 2. The summed E-state index contributed by atoms with van der Waals surface area (Å²) >= 11 is 0. The number of aliphatic imine (C=N–C) groups is 2. The molecule has 36 nitrogen and oxygen atoms in total. The summed E-state index contributed by atoms with van der Waals surface area (Å²) in [4.78, 5) is 200. The zero-order valence-corrected chi connectivity index (χ0v) is 46.4. The lowest BCUT2D eigenvalue weighted by Crippen LogP contribution is -2.63. The van der Waals surface area contributed by atoms with Gasteiger partial charge < -0.3 is 107 Å². The molecule has 0 aliphatic carbocycles. The number of carbonyl (C=O) groups excluding carboxylic acids is 12. The number of carboxylic acids is 2. The number of carbonyl (C=O) groups is 14. The molecule has 0 bridgehead atoms. The molecule has 0 radical (unpaired) electrons. The van der Waals surface area contributed by atoms with Gasteiger partial charge in [-0.15, -0.1) is 0 Å². The van der Waals surface area contributed by atoms with Gasteiger partial charge in [0.25, 0.3) is 0 Å². The zero-order valence-electron chi connectivity index (χ0n) is 46.4. The molecule has 12 amide bonds. The summed E-state index contributed by atoms with van der Waals surface area (Å²) in [6.45, 7) is 1.59. The summed E-state index contributed by atoms with van der Waals surface area (Å²) in [6, 6.07) is -17.8. The standard InChI is InChI=1S/C48H78N18O18/c1-21(67)35-43(81)59-25(7-3-15-55-47(51)52)45(83)65-17-5-9-29(65)41(79)62-28(20-34(73)74)40(78)58-24(12-14-32(50)70)38(76)64-36(22(2)68)44(82)60-26(8-4-16-56-48(53)54)46(84)66-18-6-10-30(66)42(80)61-27(19-33(71)72)39(77)57-23(37(75)63-35)11-13-31(49)69/h21-30,35-36,67-68H,3-20H2,1-2H3,(H2,49,69)(H2,50,70)(H,57,77)(H,58,78)(H,59,81)(H,60,82)(H,61,80)(H,62,79)(H,63,75)(H,64,76)(H,71,72)(H,73,74)(H4,51,52,55)(H4,53,54,56)/t21-,22+,23-,24+,25+,26-,27-,28+,29+,30-,35+,36-. The Morgan fingerprint density at radius 2 is 0.774 bits per heavy atom. The fourth-order valence-electron chi connectivity index (χ4n) is 9.33. The van der Waals surface area contributed by atoms with Gasteiger partial charge in [-0.25, -0.2) is 0 Å². The second-order valence-electron chi connectivity index (χ2n) is 20.3. The van der Waals surface area contributed by atoms with Crippen molar-refractivity contribution in [3.05, 3.63) is 0 Å². The van der Waals surface area contributed by atoms with Crippen LogP contribution in [0, 0.1) is 0 Å². The van der Waals surface area contributed by atoms with Crippen LogP contribution in [0.3, 0.4) is 0 Å². The first-order chi connectivity index (χ1) is 39.4. The van der Waals surface area contributed by atoms with Crippen LogP contribution < -0.4 is 76.9 Å². The zero-order chi connectivity index (χ0) is 63.1. The van der Waals surface area contributed by atoms with Crippen molar-refractivity contribution in [1.29, 1.82) is 0 Å². The average molecular weight is 1200 g/mol. The fraction of sp³-hybridized carbons (Fsp3) is 0.667. The molecule has 84 heavy (non-hydrogen) atoms. The summed E-state index contributed by atoms with van der Waals surface area (Å²) in [5, 5.41) is 59.9.